The maximum Gasteiger partial charge on any atom is 0.355 e. The summed E-state index contributed by atoms with van der Waals surface area (Å²) in [5.74, 6) is -0.296. The molecule has 1 aromatic heterocycles. The summed E-state index contributed by atoms with van der Waals surface area (Å²) in [4.78, 5) is 12.8. The zero-order valence-electron chi connectivity index (χ0n) is 16.2. The van der Waals surface area contributed by atoms with Crippen LogP contribution in [-0.4, -0.2) is 30.2 Å². The van der Waals surface area contributed by atoms with Crippen molar-refractivity contribution in [3.8, 4) is 11.3 Å². The second-order valence-electron chi connectivity index (χ2n) is 6.33. The van der Waals surface area contributed by atoms with E-state index in [2.05, 4.69) is 28.9 Å². The van der Waals surface area contributed by atoms with Gasteiger partial charge in [-0.25, -0.2) is 4.79 Å². The molecule has 0 fully saturated rings. The molecule has 1 N–H and O–H groups in total. The molecular formula is C22H26Cl2N2O2. The SMILES string of the molecule is CCNCCCn1c(C(=O)OCC)c2ccc(Cl)cc2c1-c1ccccc1.Cl. The van der Waals surface area contributed by atoms with Crippen molar-refractivity contribution in [2.75, 3.05) is 19.7 Å². The third kappa shape index (κ3) is 4.69. The average molecular weight is 421 g/mol. The van der Waals surface area contributed by atoms with Crippen molar-refractivity contribution in [3.63, 3.8) is 0 Å². The van der Waals surface area contributed by atoms with E-state index in [1.165, 1.54) is 0 Å². The number of hydrogen-bond donors (Lipinski definition) is 1. The van der Waals surface area contributed by atoms with Crippen LogP contribution in [0.4, 0.5) is 0 Å². The van der Waals surface area contributed by atoms with Gasteiger partial charge in [-0.3, -0.25) is 0 Å². The fraction of sp³-hybridized carbons (Fsp3) is 0.318. The lowest BCUT2D eigenvalue weighted by atomic mass is 10.1. The van der Waals surface area contributed by atoms with Crippen molar-refractivity contribution in [1.82, 2.24) is 9.88 Å². The van der Waals surface area contributed by atoms with Crippen LogP contribution in [0.1, 0.15) is 30.8 Å². The molecule has 0 saturated heterocycles. The van der Waals surface area contributed by atoms with E-state index in [1.54, 1.807) is 0 Å². The summed E-state index contributed by atoms with van der Waals surface area (Å²) < 4.78 is 7.46. The number of hydrogen-bond acceptors (Lipinski definition) is 3. The van der Waals surface area contributed by atoms with E-state index in [0.717, 1.165) is 48.1 Å². The van der Waals surface area contributed by atoms with Crippen LogP contribution < -0.4 is 5.32 Å². The molecule has 0 saturated carbocycles. The molecule has 3 aromatic rings. The number of fused-ring (bicyclic) bond motifs is 1. The van der Waals surface area contributed by atoms with E-state index < -0.39 is 0 Å². The number of aromatic nitrogens is 1. The Morgan fingerprint density at radius 1 is 1.11 bits per heavy atom. The Kier molecular flexibility index (Phi) is 8.36. The molecule has 0 amide bonds. The zero-order valence-corrected chi connectivity index (χ0v) is 17.8. The fourth-order valence-electron chi connectivity index (χ4n) is 3.41. The largest absolute Gasteiger partial charge is 0.461 e. The molecule has 0 atom stereocenters. The van der Waals surface area contributed by atoms with Crippen LogP contribution in [0.5, 0.6) is 0 Å². The number of nitrogens with one attached hydrogen (secondary N) is 1. The Bertz CT molecular complexity index is 923. The number of halogens is 2. The number of carbonyl (C=O) groups is 1. The lowest BCUT2D eigenvalue weighted by Gasteiger charge is -2.14. The van der Waals surface area contributed by atoms with Crippen molar-refractivity contribution >= 4 is 40.7 Å². The predicted molar refractivity (Wildman–Crippen MR) is 119 cm³/mol. The zero-order chi connectivity index (χ0) is 19.2. The van der Waals surface area contributed by atoms with Crippen molar-refractivity contribution in [1.29, 1.82) is 0 Å². The minimum Gasteiger partial charge on any atom is -0.461 e. The van der Waals surface area contributed by atoms with Crippen molar-refractivity contribution in [2.45, 2.75) is 26.8 Å². The molecule has 1 heterocycles. The van der Waals surface area contributed by atoms with Gasteiger partial charge in [0.05, 0.1) is 12.3 Å². The highest BCUT2D eigenvalue weighted by molar-refractivity contribution is 6.31. The van der Waals surface area contributed by atoms with Crippen molar-refractivity contribution in [2.24, 2.45) is 0 Å². The number of nitrogens with zero attached hydrogens (tertiary/aromatic N) is 1. The van der Waals surface area contributed by atoms with Gasteiger partial charge in [0.1, 0.15) is 5.69 Å². The Labute approximate surface area is 177 Å². The van der Waals surface area contributed by atoms with Crippen LogP contribution in [0.15, 0.2) is 48.5 Å². The topological polar surface area (TPSA) is 43.3 Å². The summed E-state index contributed by atoms with van der Waals surface area (Å²) >= 11 is 6.29. The first-order valence-corrected chi connectivity index (χ1v) is 9.80. The summed E-state index contributed by atoms with van der Waals surface area (Å²) in [7, 11) is 0. The molecule has 0 aliphatic rings. The van der Waals surface area contributed by atoms with Gasteiger partial charge in [-0.15, -0.1) is 12.4 Å². The molecule has 0 radical (unpaired) electrons. The van der Waals surface area contributed by atoms with E-state index in [1.807, 2.05) is 43.3 Å². The van der Waals surface area contributed by atoms with Gasteiger partial charge in [0.15, 0.2) is 0 Å². The Morgan fingerprint density at radius 3 is 2.54 bits per heavy atom. The number of benzene rings is 2. The quantitative estimate of drug-likeness (QED) is 0.383. The Morgan fingerprint density at radius 2 is 1.86 bits per heavy atom. The molecular weight excluding hydrogens is 395 g/mol. The van der Waals surface area contributed by atoms with Crippen LogP contribution >= 0.6 is 24.0 Å². The number of ether oxygens (including phenoxy) is 1. The van der Waals surface area contributed by atoms with E-state index >= 15 is 0 Å². The summed E-state index contributed by atoms with van der Waals surface area (Å²) in [6, 6.07) is 15.8. The first-order valence-electron chi connectivity index (χ1n) is 9.42. The Balaban J connectivity index is 0.00000280. The molecule has 0 unspecified atom stereocenters. The van der Waals surface area contributed by atoms with Gasteiger partial charge in [0.25, 0.3) is 0 Å². The lowest BCUT2D eigenvalue weighted by Crippen LogP contribution is -2.18. The average Bonchev–Trinajstić information content (AvgIpc) is 2.99. The number of esters is 1. The monoisotopic (exact) mass is 420 g/mol. The summed E-state index contributed by atoms with van der Waals surface area (Å²) in [5.41, 5.74) is 2.66. The van der Waals surface area contributed by atoms with Gasteiger partial charge < -0.3 is 14.6 Å². The lowest BCUT2D eigenvalue weighted by molar-refractivity contribution is 0.0516. The minimum absolute atomic E-state index is 0. The molecule has 150 valence electrons. The highest BCUT2D eigenvalue weighted by Crippen LogP contribution is 2.36. The maximum absolute atomic E-state index is 12.8. The molecule has 0 aliphatic heterocycles. The molecule has 0 aliphatic carbocycles. The predicted octanol–water partition coefficient (Wildman–Crippen LogP) is 5.56. The van der Waals surface area contributed by atoms with Crippen molar-refractivity contribution in [3.05, 3.63) is 59.2 Å². The van der Waals surface area contributed by atoms with Gasteiger partial charge in [-0.05, 0) is 44.1 Å². The fourth-order valence-corrected chi connectivity index (χ4v) is 3.58. The highest BCUT2D eigenvalue weighted by Gasteiger charge is 2.24. The first-order chi connectivity index (χ1) is 13.2. The Hall–Kier alpha value is -2.01. The second kappa shape index (κ2) is 10.5. The van der Waals surface area contributed by atoms with Crippen LogP contribution in [0, 0.1) is 0 Å². The van der Waals surface area contributed by atoms with Gasteiger partial charge in [-0.2, -0.15) is 0 Å². The molecule has 0 spiro atoms. The van der Waals surface area contributed by atoms with Crippen molar-refractivity contribution < 1.29 is 9.53 Å². The number of carbonyl (C=O) groups excluding carboxylic acids is 1. The van der Waals surface area contributed by atoms with Crippen LogP contribution in [-0.2, 0) is 11.3 Å². The standard InChI is InChI=1S/C22H25ClN2O2.ClH/c1-3-24-13-8-14-25-20(16-9-6-5-7-10-16)19-15-17(23)11-12-18(19)21(25)22(26)27-4-2;/h5-7,9-12,15,24H,3-4,8,13-14H2,1-2H3;1H. The van der Waals surface area contributed by atoms with Gasteiger partial charge in [0, 0.05) is 22.3 Å². The van der Waals surface area contributed by atoms with Crippen LogP contribution in [0.25, 0.3) is 22.0 Å². The molecule has 3 rings (SSSR count). The van der Waals surface area contributed by atoms with Gasteiger partial charge in [0.2, 0.25) is 0 Å². The summed E-state index contributed by atoms with van der Waals surface area (Å²) in [6.45, 7) is 6.80. The normalized spacial score (nSPS) is 10.7. The van der Waals surface area contributed by atoms with Crippen LogP contribution in [0.2, 0.25) is 5.02 Å². The summed E-state index contributed by atoms with van der Waals surface area (Å²) in [5, 5.41) is 5.84. The van der Waals surface area contributed by atoms with Gasteiger partial charge in [-0.1, -0.05) is 54.9 Å². The molecule has 4 nitrogen and oxygen atoms in total. The second-order valence-corrected chi connectivity index (χ2v) is 6.77. The van der Waals surface area contributed by atoms with E-state index in [9.17, 15) is 4.79 Å². The molecule has 6 heteroatoms. The highest BCUT2D eigenvalue weighted by atomic mass is 35.5. The van der Waals surface area contributed by atoms with E-state index in [4.69, 9.17) is 16.3 Å². The van der Waals surface area contributed by atoms with Gasteiger partial charge >= 0.3 is 5.97 Å². The van der Waals surface area contributed by atoms with Crippen LogP contribution in [0.3, 0.4) is 0 Å². The third-order valence-electron chi connectivity index (χ3n) is 4.53. The smallest absolute Gasteiger partial charge is 0.355 e. The van der Waals surface area contributed by atoms with E-state index in [-0.39, 0.29) is 18.4 Å². The number of rotatable bonds is 8. The molecule has 0 bridgehead atoms. The molecule has 28 heavy (non-hydrogen) atoms. The minimum atomic E-state index is -0.296. The third-order valence-corrected chi connectivity index (χ3v) is 4.77. The summed E-state index contributed by atoms with van der Waals surface area (Å²) in [6.07, 6.45) is 0.912. The molecule has 2 aromatic carbocycles. The van der Waals surface area contributed by atoms with E-state index in [0.29, 0.717) is 17.3 Å². The first kappa shape index (κ1) is 22.3. The maximum atomic E-state index is 12.8.